The van der Waals surface area contributed by atoms with Crippen molar-refractivity contribution in [2.45, 2.75) is 24.5 Å². The summed E-state index contributed by atoms with van der Waals surface area (Å²) >= 11 is 0. The first kappa shape index (κ1) is 18.8. The molecule has 0 amide bonds. The lowest BCUT2D eigenvalue weighted by molar-refractivity contribution is -0.0488. The molecule has 0 spiro atoms. The number of rotatable bonds is 3. The largest absolute Gasteiger partial charge is 0.394 e. The van der Waals surface area contributed by atoms with Crippen LogP contribution < -0.4 is 10.6 Å². The van der Waals surface area contributed by atoms with E-state index in [-0.39, 0.29) is 6.61 Å². The normalized spacial score (nSPS) is 25.1. The number of aromatic nitrogens is 4. The van der Waals surface area contributed by atoms with Crippen LogP contribution in [0.4, 0.5) is 5.82 Å². The van der Waals surface area contributed by atoms with Crippen LogP contribution in [0, 0.1) is 11.3 Å². The summed E-state index contributed by atoms with van der Waals surface area (Å²) in [5, 5.41) is 26.9. The molecule has 3 rings (SSSR count). The first-order valence-electron chi connectivity index (χ1n) is 7.51. The van der Waals surface area contributed by atoms with Crippen LogP contribution in [0.5, 0.6) is 0 Å². The zero-order chi connectivity index (χ0) is 18.6. The van der Waals surface area contributed by atoms with E-state index in [1.54, 1.807) is 10.6 Å². The van der Waals surface area contributed by atoms with Gasteiger partial charge in [0.15, 0.2) is 23.2 Å². The minimum Gasteiger partial charge on any atom is -0.394 e. The van der Waals surface area contributed by atoms with Gasteiger partial charge >= 0.3 is 0 Å². The number of hydrogen-bond donors (Lipinski definition) is 3. The molecule has 1 fully saturated rings. The lowest BCUT2D eigenvalue weighted by atomic mass is 10.1. The quantitative estimate of drug-likeness (QED) is 0.605. The van der Waals surface area contributed by atoms with E-state index in [0.717, 1.165) is 0 Å². The molecule has 0 radical (unpaired) electrons. The number of aliphatic hydroxyl groups is 2. The summed E-state index contributed by atoms with van der Waals surface area (Å²) in [6.07, 6.45) is 1.86. The number of imidazole rings is 1. The minimum absolute atomic E-state index is 0.251. The second kappa shape index (κ2) is 8.00. The number of aliphatic hydroxyl groups excluding tert-OH is 2. The van der Waals surface area contributed by atoms with Gasteiger partial charge in [-0.15, -0.1) is 0 Å². The van der Waals surface area contributed by atoms with Crippen molar-refractivity contribution in [3.63, 3.8) is 0 Å². The topological polar surface area (TPSA) is 146 Å². The summed E-state index contributed by atoms with van der Waals surface area (Å²) in [4.78, 5) is 14.5. The SMILES string of the molecule is C=CC#N.CN(C)c1ncnc2c1ncn2[C@@H]1O[C@H](CO)[C@@H](N)[C@H]1O. The smallest absolute Gasteiger partial charge is 0.167 e. The molecule has 10 heteroatoms. The summed E-state index contributed by atoms with van der Waals surface area (Å²) in [5.41, 5.74) is 7.00. The Morgan fingerprint density at radius 2 is 2.16 bits per heavy atom. The number of allylic oxidation sites excluding steroid dienone is 1. The number of nitriles is 1. The number of fused-ring (bicyclic) bond motifs is 1. The van der Waals surface area contributed by atoms with Gasteiger partial charge < -0.3 is 25.6 Å². The molecular formula is C15H21N7O3. The van der Waals surface area contributed by atoms with E-state index in [1.807, 2.05) is 19.0 Å². The molecule has 1 saturated heterocycles. The Labute approximate surface area is 144 Å². The molecule has 0 bridgehead atoms. The third-order valence-corrected chi connectivity index (χ3v) is 3.74. The molecule has 2 aromatic heterocycles. The van der Waals surface area contributed by atoms with Crippen LogP contribution in [0.25, 0.3) is 11.2 Å². The fourth-order valence-electron chi connectivity index (χ4n) is 2.51. The number of hydrogen-bond acceptors (Lipinski definition) is 9. The summed E-state index contributed by atoms with van der Waals surface area (Å²) in [5.74, 6) is 0.675. The zero-order valence-corrected chi connectivity index (χ0v) is 14.0. The maximum Gasteiger partial charge on any atom is 0.167 e. The van der Waals surface area contributed by atoms with Crippen LogP contribution in [0.3, 0.4) is 0 Å². The van der Waals surface area contributed by atoms with Crippen LogP contribution in [0.2, 0.25) is 0 Å². The molecule has 4 N–H and O–H groups in total. The van der Waals surface area contributed by atoms with Crippen molar-refractivity contribution in [1.29, 1.82) is 5.26 Å². The first-order chi connectivity index (χ1) is 12.0. The third-order valence-electron chi connectivity index (χ3n) is 3.74. The maximum absolute atomic E-state index is 10.2. The van der Waals surface area contributed by atoms with Gasteiger partial charge in [-0.05, 0) is 0 Å². The Morgan fingerprint density at radius 1 is 1.48 bits per heavy atom. The van der Waals surface area contributed by atoms with Gasteiger partial charge in [-0.3, -0.25) is 4.57 Å². The second-order valence-corrected chi connectivity index (χ2v) is 5.56. The molecule has 1 aliphatic rings. The van der Waals surface area contributed by atoms with E-state index in [1.165, 1.54) is 18.7 Å². The van der Waals surface area contributed by atoms with Gasteiger partial charge in [0.2, 0.25) is 0 Å². The zero-order valence-electron chi connectivity index (χ0n) is 14.0. The van der Waals surface area contributed by atoms with E-state index in [0.29, 0.717) is 17.0 Å². The number of nitrogens with zero attached hydrogens (tertiary/aromatic N) is 6. The van der Waals surface area contributed by atoms with Crippen LogP contribution in [-0.2, 0) is 4.74 Å². The minimum atomic E-state index is -0.947. The molecule has 25 heavy (non-hydrogen) atoms. The van der Waals surface area contributed by atoms with Crippen molar-refractivity contribution in [2.75, 3.05) is 25.6 Å². The van der Waals surface area contributed by atoms with Gasteiger partial charge in [-0.25, -0.2) is 15.0 Å². The molecule has 3 heterocycles. The standard InChI is InChI=1S/C12H18N6O3.C3H3N/c1-17(2)10-8-11(15-4-14-10)18(5-16-8)12-9(20)7(13)6(3-19)21-12;1-2-3-4/h4-7,9,12,19-20H,3,13H2,1-2H3;2H,1H2/t6-,7-,9-,12-;/m1./s1. The fraction of sp³-hybridized carbons (Fsp3) is 0.467. The lowest BCUT2D eigenvalue weighted by Crippen LogP contribution is -2.41. The predicted molar refractivity (Wildman–Crippen MR) is 90.4 cm³/mol. The fourth-order valence-corrected chi connectivity index (χ4v) is 2.51. The molecule has 10 nitrogen and oxygen atoms in total. The van der Waals surface area contributed by atoms with Crippen molar-refractivity contribution in [2.24, 2.45) is 5.73 Å². The van der Waals surface area contributed by atoms with Crippen LogP contribution in [-0.4, -0.2) is 68.7 Å². The Kier molecular flexibility index (Phi) is 6.00. The van der Waals surface area contributed by atoms with Crippen molar-refractivity contribution in [3.8, 4) is 6.07 Å². The summed E-state index contributed by atoms with van der Waals surface area (Å²) in [7, 11) is 3.72. The highest BCUT2D eigenvalue weighted by Gasteiger charge is 2.42. The first-order valence-corrected chi connectivity index (χ1v) is 7.51. The Balaban J connectivity index is 0.000000511. The maximum atomic E-state index is 10.2. The van der Waals surface area contributed by atoms with Gasteiger partial charge in [0.05, 0.1) is 25.0 Å². The number of ether oxygens (including phenoxy) is 1. The van der Waals surface area contributed by atoms with Crippen molar-refractivity contribution >= 4 is 17.0 Å². The van der Waals surface area contributed by atoms with Crippen molar-refractivity contribution < 1.29 is 14.9 Å². The third kappa shape index (κ3) is 3.59. The van der Waals surface area contributed by atoms with Crippen LogP contribution >= 0.6 is 0 Å². The summed E-state index contributed by atoms with van der Waals surface area (Å²) in [6.45, 7) is 2.87. The molecule has 0 saturated carbocycles. The van der Waals surface area contributed by atoms with E-state index in [9.17, 15) is 10.2 Å². The number of anilines is 1. The monoisotopic (exact) mass is 347 g/mol. The molecule has 134 valence electrons. The van der Waals surface area contributed by atoms with Gasteiger partial charge in [0.1, 0.15) is 18.5 Å². The van der Waals surface area contributed by atoms with Gasteiger partial charge in [-0.2, -0.15) is 5.26 Å². The van der Waals surface area contributed by atoms with E-state index in [4.69, 9.17) is 15.7 Å². The molecule has 0 aromatic carbocycles. The van der Waals surface area contributed by atoms with E-state index < -0.39 is 24.5 Å². The molecule has 1 aliphatic heterocycles. The molecule has 0 aliphatic carbocycles. The van der Waals surface area contributed by atoms with Gasteiger partial charge in [0.25, 0.3) is 0 Å². The highest BCUT2D eigenvalue weighted by Crippen LogP contribution is 2.31. The van der Waals surface area contributed by atoms with Crippen LogP contribution in [0.1, 0.15) is 6.23 Å². The van der Waals surface area contributed by atoms with Crippen LogP contribution in [0.15, 0.2) is 25.3 Å². The summed E-state index contributed by atoms with van der Waals surface area (Å²) in [6, 6.07) is 1.03. The highest BCUT2D eigenvalue weighted by molar-refractivity contribution is 5.83. The van der Waals surface area contributed by atoms with E-state index >= 15 is 0 Å². The van der Waals surface area contributed by atoms with Crippen molar-refractivity contribution in [3.05, 3.63) is 25.3 Å². The molecule has 2 aromatic rings. The molecular weight excluding hydrogens is 326 g/mol. The lowest BCUT2D eigenvalue weighted by Gasteiger charge is -2.17. The highest BCUT2D eigenvalue weighted by atomic mass is 16.5. The Bertz CT molecular complexity index is 770. The van der Waals surface area contributed by atoms with Gasteiger partial charge in [-0.1, -0.05) is 6.58 Å². The molecule has 0 unspecified atom stereocenters. The Hall–Kier alpha value is -2.58. The average Bonchev–Trinajstić information content (AvgIpc) is 3.16. The Morgan fingerprint density at radius 3 is 2.68 bits per heavy atom. The number of nitrogens with two attached hydrogens (primary N) is 1. The van der Waals surface area contributed by atoms with Crippen molar-refractivity contribution in [1.82, 2.24) is 19.5 Å². The average molecular weight is 347 g/mol. The van der Waals surface area contributed by atoms with E-state index in [2.05, 4.69) is 21.5 Å². The predicted octanol–water partition coefficient (Wildman–Crippen LogP) is -0.834. The summed E-state index contributed by atoms with van der Waals surface area (Å²) < 4.78 is 7.23. The van der Waals surface area contributed by atoms with Gasteiger partial charge in [0, 0.05) is 20.2 Å². The second-order valence-electron chi connectivity index (χ2n) is 5.56. The molecule has 4 atom stereocenters.